The molecule has 8 nitrogen and oxygen atoms in total. The lowest BCUT2D eigenvalue weighted by atomic mass is 10.1. The summed E-state index contributed by atoms with van der Waals surface area (Å²) in [5.41, 5.74) is 2.40. The highest BCUT2D eigenvalue weighted by molar-refractivity contribution is 6.03. The van der Waals surface area contributed by atoms with E-state index in [2.05, 4.69) is 15.6 Å². The molecule has 2 N–H and O–H groups in total. The molecule has 1 aliphatic heterocycles. The van der Waals surface area contributed by atoms with Crippen LogP contribution in [0.3, 0.4) is 0 Å². The Morgan fingerprint density at radius 3 is 2.71 bits per heavy atom. The van der Waals surface area contributed by atoms with Gasteiger partial charge in [0, 0.05) is 5.69 Å². The predicted octanol–water partition coefficient (Wildman–Crippen LogP) is 2.74. The molecule has 0 saturated carbocycles. The van der Waals surface area contributed by atoms with Crippen molar-refractivity contribution < 1.29 is 19.1 Å². The lowest BCUT2D eigenvalue weighted by Crippen LogP contribution is -2.35. The second-order valence-electron chi connectivity index (χ2n) is 6.35. The summed E-state index contributed by atoms with van der Waals surface area (Å²) in [4.78, 5) is 41.1. The van der Waals surface area contributed by atoms with Gasteiger partial charge in [-0.15, -0.1) is 0 Å². The number of amides is 2. The third kappa shape index (κ3) is 3.20. The number of hydrogen-bond acceptors (Lipinski definition) is 5. The van der Waals surface area contributed by atoms with Crippen molar-refractivity contribution >= 4 is 40.5 Å². The molecule has 0 saturated heterocycles. The third-order valence-electron chi connectivity index (χ3n) is 4.50. The van der Waals surface area contributed by atoms with Gasteiger partial charge in [0.25, 0.3) is 0 Å². The smallest absolute Gasteiger partial charge is 0.338 e. The Bertz CT molecular complexity index is 1070. The largest absolute Gasteiger partial charge is 0.462 e. The van der Waals surface area contributed by atoms with E-state index >= 15 is 0 Å². The number of fused-ring (bicyclic) bond motifs is 3. The van der Waals surface area contributed by atoms with Crippen LogP contribution in [0.5, 0.6) is 0 Å². The maximum Gasteiger partial charge on any atom is 0.338 e. The standard InChI is InChI=1S/C20H18N4O4/c1-2-28-19(27)12-7-9-13(10-8-12)21-18(26)16-11-17(25)23-20-22-14-5-3-4-6-15(14)24(16)20/h3-10,16H,2,11H2,1H3,(H,21,26)(H,22,23,25)/t16-/m0/s1. The first-order valence-corrected chi connectivity index (χ1v) is 8.91. The number of rotatable bonds is 4. The summed E-state index contributed by atoms with van der Waals surface area (Å²) in [5, 5.41) is 5.52. The molecule has 2 heterocycles. The highest BCUT2D eigenvalue weighted by atomic mass is 16.5. The van der Waals surface area contributed by atoms with Gasteiger partial charge in [-0.3, -0.25) is 19.5 Å². The first-order valence-electron chi connectivity index (χ1n) is 8.91. The average molecular weight is 378 g/mol. The van der Waals surface area contributed by atoms with E-state index in [9.17, 15) is 14.4 Å². The number of anilines is 2. The first-order chi connectivity index (χ1) is 13.6. The van der Waals surface area contributed by atoms with Gasteiger partial charge in [0.05, 0.1) is 29.6 Å². The maximum atomic E-state index is 12.9. The molecule has 0 radical (unpaired) electrons. The number of nitrogens with one attached hydrogen (secondary N) is 2. The summed E-state index contributed by atoms with van der Waals surface area (Å²) in [6.45, 7) is 2.03. The molecule has 2 amide bonds. The minimum absolute atomic E-state index is 0.0140. The Hall–Kier alpha value is -3.68. The Labute approximate surface area is 160 Å². The van der Waals surface area contributed by atoms with Crippen molar-refractivity contribution in [3.05, 3.63) is 54.1 Å². The SMILES string of the molecule is CCOC(=O)c1ccc(NC(=O)[C@@H]2CC(=O)Nc3nc4ccccc4n32)cc1. The highest BCUT2D eigenvalue weighted by Crippen LogP contribution is 2.31. The van der Waals surface area contributed by atoms with E-state index in [1.807, 2.05) is 24.3 Å². The summed E-state index contributed by atoms with van der Waals surface area (Å²) in [6, 6.07) is 13.1. The fourth-order valence-electron chi connectivity index (χ4n) is 3.23. The van der Waals surface area contributed by atoms with E-state index in [-0.39, 0.29) is 18.2 Å². The van der Waals surface area contributed by atoms with Crippen LogP contribution >= 0.6 is 0 Å². The molecular formula is C20H18N4O4. The lowest BCUT2D eigenvalue weighted by molar-refractivity contribution is -0.124. The Kier molecular flexibility index (Phi) is 4.52. The number of ether oxygens (including phenoxy) is 1. The topological polar surface area (TPSA) is 102 Å². The number of carbonyl (C=O) groups is 3. The third-order valence-corrected chi connectivity index (χ3v) is 4.50. The molecule has 0 aliphatic carbocycles. The van der Waals surface area contributed by atoms with Crippen LogP contribution in [-0.2, 0) is 14.3 Å². The number of benzene rings is 2. The molecule has 3 aromatic rings. The molecule has 142 valence electrons. The van der Waals surface area contributed by atoms with E-state index < -0.39 is 12.0 Å². The molecule has 1 aliphatic rings. The molecule has 8 heteroatoms. The van der Waals surface area contributed by atoms with Crippen LogP contribution in [0, 0.1) is 0 Å². The van der Waals surface area contributed by atoms with Gasteiger partial charge in [-0.2, -0.15) is 0 Å². The summed E-state index contributed by atoms with van der Waals surface area (Å²) in [6.07, 6.45) is 0.0140. The number of aromatic nitrogens is 2. The Morgan fingerprint density at radius 2 is 1.96 bits per heavy atom. The van der Waals surface area contributed by atoms with Crippen molar-refractivity contribution in [2.24, 2.45) is 0 Å². The minimum atomic E-state index is -0.721. The summed E-state index contributed by atoms with van der Waals surface area (Å²) in [7, 11) is 0. The quantitative estimate of drug-likeness (QED) is 0.680. The molecule has 2 aromatic carbocycles. The van der Waals surface area contributed by atoms with Gasteiger partial charge in [0.1, 0.15) is 6.04 Å². The number of esters is 1. The van der Waals surface area contributed by atoms with Crippen LogP contribution in [0.15, 0.2) is 48.5 Å². The molecule has 28 heavy (non-hydrogen) atoms. The van der Waals surface area contributed by atoms with Crippen LogP contribution in [0.2, 0.25) is 0 Å². The molecule has 4 rings (SSSR count). The van der Waals surface area contributed by atoms with Crippen molar-refractivity contribution in [1.29, 1.82) is 0 Å². The van der Waals surface area contributed by atoms with Crippen LogP contribution in [0.4, 0.5) is 11.6 Å². The second-order valence-corrected chi connectivity index (χ2v) is 6.35. The summed E-state index contributed by atoms with van der Waals surface area (Å²) < 4.78 is 6.68. The van der Waals surface area contributed by atoms with Crippen molar-refractivity contribution in [3.63, 3.8) is 0 Å². The lowest BCUT2D eigenvalue weighted by Gasteiger charge is -2.25. The van der Waals surface area contributed by atoms with Crippen LogP contribution in [-0.4, -0.2) is 33.9 Å². The molecule has 1 aromatic heterocycles. The van der Waals surface area contributed by atoms with E-state index in [4.69, 9.17) is 4.74 Å². The number of carbonyl (C=O) groups excluding carboxylic acids is 3. The number of hydrogen-bond donors (Lipinski definition) is 2. The fourth-order valence-corrected chi connectivity index (χ4v) is 3.23. The van der Waals surface area contributed by atoms with Gasteiger partial charge in [0.15, 0.2) is 0 Å². The van der Waals surface area contributed by atoms with Gasteiger partial charge >= 0.3 is 5.97 Å². The average Bonchev–Trinajstić information content (AvgIpc) is 3.06. The monoisotopic (exact) mass is 378 g/mol. The van der Waals surface area contributed by atoms with Crippen molar-refractivity contribution in [3.8, 4) is 0 Å². The summed E-state index contributed by atoms with van der Waals surface area (Å²) in [5.74, 6) is -0.655. The van der Waals surface area contributed by atoms with E-state index in [1.54, 1.807) is 35.8 Å². The molecule has 0 bridgehead atoms. The normalized spacial score (nSPS) is 15.6. The van der Waals surface area contributed by atoms with Gasteiger partial charge in [-0.25, -0.2) is 9.78 Å². The zero-order chi connectivity index (χ0) is 19.7. The number of imidazole rings is 1. The fraction of sp³-hybridized carbons (Fsp3) is 0.200. The van der Waals surface area contributed by atoms with Crippen molar-refractivity contribution in [2.45, 2.75) is 19.4 Å². The Balaban J connectivity index is 1.59. The minimum Gasteiger partial charge on any atom is -0.462 e. The van der Waals surface area contributed by atoms with Crippen LogP contribution in [0.25, 0.3) is 11.0 Å². The zero-order valence-electron chi connectivity index (χ0n) is 15.1. The highest BCUT2D eigenvalue weighted by Gasteiger charge is 2.32. The van der Waals surface area contributed by atoms with Crippen LogP contribution < -0.4 is 10.6 Å². The number of nitrogens with zero attached hydrogens (tertiary/aromatic N) is 2. The van der Waals surface area contributed by atoms with Gasteiger partial charge < -0.3 is 10.1 Å². The van der Waals surface area contributed by atoms with Crippen molar-refractivity contribution in [1.82, 2.24) is 9.55 Å². The van der Waals surface area contributed by atoms with Crippen molar-refractivity contribution in [2.75, 3.05) is 17.2 Å². The van der Waals surface area contributed by atoms with E-state index in [0.29, 0.717) is 29.3 Å². The maximum absolute atomic E-state index is 12.9. The predicted molar refractivity (Wildman–Crippen MR) is 103 cm³/mol. The molecule has 0 unspecified atom stereocenters. The van der Waals surface area contributed by atoms with Gasteiger partial charge in [-0.05, 0) is 43.3 Å². The molecule has 0 fully saturated rings. The first kappa shape index (κ1) is 17.7. The molecular weight excluding hydrogens is 360 g/mol. The number of para-hydroxylation sites is 2. The van der Waals surface area contributed by atoms with E-state index in [0.717, 1.165) is 5.52 Å². The Morgan fingerprint density at radius 1 is 1.21 bits per heavy atom. The molecule has 1 atom stereocenters. The van der Waals surface area contributed by atoms with Crippen LogP contribution in [0.1, 0.15) is 29.7 Å². The van der Waals surface area contributed by atoms with E-state index in [1.165, 1.54) is 0 Å². The second kappa shape index (κ2) is 7.15. The molecule has 0 spiro atoms. The zero-order valence-corrected chi connectivity index (χ0v) is 15.1. The van der Waals surface area contributed by atoms with Gasteiger partial charge in [-0.1, -0.05) is 12.1 Å². The van der Waals surface area contributed by atoms with Gasteiger partial charge in [0.2, 0.25) is 17.8 Å². The summed E-state index contributed by atoms with van der Waals surface area (Å²) >= 11 is 0.